The van der Waals surface area contributed by atoms with Gasteiger partial charge < -0.3 is 15.0 Å². The van der Waals surface area contributed by atoms with Crippen LogP contribution in [0.2, 0.25) is 0 Å². The molecule has 0 aromatic heterocycles. The Bertz CT molecular complexity index is 525. The monoisotopic (exact) mass is 463 g/mol. The van der Waals surface area contributed by atoms with Crippen LogP contribution in [0.5, 0.6) is 0 Å². The molecule has 1 N–H and O–H groups in total. The van der Waals surface area contributed by atoms with Gasteiger partial charge in [0.1, 0.15) is 0 Å². The SMILES string of the molecule is CN=C(NCc1ccccc1COC)N1CCSC(C(C)C)C1.I. The highest BCUT2D eigenvalue weighted by atomic mass is 127. The van der Waals surface area contributed by atoms with E-state index in [-0.39, 0.29) is 24.0 Å². The fourth-order valence-electron chi connectivity index (χ4n) is 2.80. The summed E-state index contributed by atoms with van der Waals surface area (Å²) in [4.78, 5) is 6.88. The minimum atomic E-state index is 0. The zero-order valence-electron chi connectivity index (χ0n) is 15.1. The Hall–Kier alpha value is -0.470. The predicted molar refractivity (Wildman–Crippen MR) is 115 cm³/mol. The highest BCUT2D eigenvalue weighted by Gasteiger charge is 2.24. The predicted octanol–water partition coefficient (Wildman–Crippen LogP) is 3.60. The van der Waals surface area contributed by atoms with Crippen molar-refractivity contribution in [1.82, 2.24) is 10.2 Å². The molecule has 0 saturated carbocycles. The van der Waals surface area contributed by atoms with Crippen LogP contribution in [0, 0.1) is 5.92 Å². The number of halogens is 1. The zero-order chi connectivity index (χ0) is 16.7. The first kappa shape index (κ1) is 21.6. The number of thioether (sulfide) groups is 1. The van der Waals surface area contributed by atoms with Gasteiger partial charge in [-0.05, 0) is 17.0 Å². The molecule has 1 saturated heterocycles. The molecule has 24 heavy (non-hydrogen) atoms. The second-order valence-electron chi connectivity index (χ2n) is 6.20. The van der Waals surface area contributed by atoms with Crippen molar-refractivity contribution in [2.75, 3.05) is 33.0 Å². The fraction of sp³-hybridized carbons (Fsp3) is 0.611. The summed E-state index contributed by atoms with van der Waals surface area (Å²) in [5.74, 6) is 2.87. The van der Waals surface area contributed by atoms with Crippen molar-refractivity contribution in [3.8, 4) is 0 Å². The van der Waals surface area contributed by atoms with Crippen LogP contribution in [0.25, 0.3) is 0 Å². The lowest BCUT2D eigenvalue weighted by Gasteiger charge is -2.36. The Morgan fingerprint density at radius 3 is 2.71 bits per heavy atom. The maximum Gasteiger partial charge on any atom is 0.193 e. The van der Waals surface area contributed by atoms with Gasteiger partial charge >= 0.3 is 0 Å². The van der Waals surface area contributed by atoms with E-state index < -0.39 is 0 Å². The van der Waals surface area contributed by atoms with E-state index in [1.54, 1.807) is 7.11 Å². The third kappa shape index (κ3) is 6.11. The highest BCUT2D eigenvalue weighted by Crippen LogP contribution is 2.24. The van der Waals surface area contributed by atoms with E-state index in [1.807, 2.05) is 7.05 Å². The number of nitrogens with one attached hydrogen (secondary N) is 1. The van der Waals surface area contributed by atoms with E-state index >= 15 is 0 Å². The second kappa shape index (κ2) is 11.2. The summed E-state index contributed by atoms with van der Waals surface area (Å²) in [7, 11) is 3.61. The van der Waals surface area contributed by atoms with Crippen molar-refractivity contribution in [2.24, 2.45) is 10.9 Å². The number of methoxy groups -OCH3 is 1. The lowest BCUT2D eigenvalue weighted by atomic mass is 10.1. The van der Waals surface area contributed by atoms with Gasteiger partial charge in [-0.15, -0.1) is 24.0 Å². The second-order valence-corrected chi connectivity index (χ2v) is 7.55. The molecule has 4 nitrogen and oxygen atoms in total. The zero-order valence-corrected chi connectivity index (χ0v) is 18.3. The van der Waals surface area contributed by atoms with E-state index in [9.17, 15) is 0 Å². The van der Waals surface area contributed by atoms with E-state index in [0.29, 0.717) is 17.8 Å². The Balaban J connectivity index is 0.00000288. The third-order valence-corrected chi connectivity index (χ3v) is 5.74. The average Bonchev–Trinajstić information content (AvgIpc) is 2.57. The number of rotatable bonds is 5. The maximum absolute atomic E-state index is 5.29. The van der Waals surface area contributed by atoms with E-state index in [1.165, 1.54) is 16.9 Å². The Morgan fingerprint density at radius 2 is 2.08 bits per heavy atom. The minimum absolute atomic E-state index is 0. The molecular weight excluding hydrogens is 433 g/mol. The van der Waals surface area contributed by atoms with E-state index in [0.717, 1.165) is 25.6 Å². The molecule has 2 rings (SSSR count). The van der Waals surface area contributed by atoms with Crippen molar-refractivity contribution < 1.29 is 4.74 Å². The molecule has 0 radical (unpaired) electrons. The van der Waals surface area contributed by atoms with Gasteiger partial charge in [0.15, 0.2) is 5.96 Å². The van der Waals surface area contributed by atoms with Crippen LogP contribution in [-0.2, 0) is 17.9 Å². The molecule has 1 aliphatic rings. The summed E-state index contributed by atoms with van der Waals surface area (Å²) in [6.07, 6.45) is 0. The molecule has 1 heterocycles. The van der Waals surface area contributed by atoms with Crippen LogP contribution in [0.4, 0.5) is 0 Å². The number of hydrogen-bond donors (Lipinski definition) is 1. The number of nitrogens with zero attached hydrogens (tertiary/aromatic N) is 2. The Kier molecular flexibility index (Phi) is 10.1. The smallest absolute Gasteiger partial charge is 0.193 e. The first-order valence-electron chi connectivity index (χ1n) is 8.28. The normalized spacial score (nSPS) is 18.5. The summed E-state index contributed by atoms with van der Waals surface area (Å²) in [6.45, 7) is 8.17. The summed E-state index contributed by atoms with van der Waals surface area (Å²) >= 11 is 2.09. The summed E-state index contributed by atoms with van der Waals surface area (Å²) in [6, 6.07) is 8.40. The maximum atomic E-state index is 5.29. The molecule has 136 valence electrons. The van der Waals surface area contributed by atoms with Gasteiger partial charge in [-0.25, -0.2) is 0 Å². The summed E-state index contributed by atoms with van der Waals surface area (Å²) in [5.41, 5.74) is 2.49. The molecular formula is C18H30IN3OS. The van der Waals surface area contributed by atoms with Crippen LogP contribution in [-0.4, -0.2) is 49.1 Å². The van der Waals surface area contributed by atoms with E-state index in [4.69, 9.17) is 4.74 Å². The molecule has 0 spiro atoms. The molecule has 1 aromatic carbocycles. The summed E-state index contributed by atoms with van der Waals surface area (Å²) < 4.78 is 5.29. The number of guanidine groups is 1. The highest BCUT2D eigenvalue weighted by molar-refractivity contribution is 14.0. The van der Waals surface area contributed by atoms with E-state index in [2.05, 4.69) is 65.1 Å². The van der Waals surface area contributed by atoms with Crippen molar-refractivity contribution in [1.29, 1.82) is 0 Å². The molecule has 0 bridgehead atoms. The van der Waals surface area contributed by atoms with Gasteiger partial charge in [0.25, 0.3) is 0 Å². The van der Waals surface area contributed by atoms with Crippen molar-refractivity contribution >= 4 is 41.7 Å². The molecule has 0 aliphatic carbocycles. The van der Waals surface area contributed by atoms with Crippen molar-refractivity contribution in [3.05, 3.63) is 35.4 Å². The van der Waals surface area contributed by atoms with Gasteiger partial charge in [0.2, 0.25) is 0 Å². The van der Waals surface area contributed by atoms with Crippen LogP contribution in [0.15, 0.2) is 29.3 Å². The molecule has 1 aromatic rings. The lowest BCUT2D eigenvalue weighted by Crippen LogP contribution is -2.48. The Morgan fingerprint density at radius 1 is 1.38 bits per heavy atom. The largest absolute Gasteiger partial charge is 0.380 e. The quantitative estimate of drug-likeness (QED) is 0.412. The molecule has 1 fully saturated rings. The molecule has 1 aliphatic heterocycles. The minimum Gasteiger partial charge on any atom is -0.380 e. The molecule has 0 amide bonds. The number of benzene rings is 1. The molecule has 1 atom stereocenters. The van der Waals surface area contributed by atoms with Gasteiger partial charge in [-0.3, -0.25) is 4.99 Å². The van der Waals surface area contributed by atoms with Crippen LogP contribution in [0.1, 0.15) is 25.0 Å². The standard InChI is InChI=1S/C18H29N3OS.HI/c1-14(2)17-12-21(9-10-23-17)18(19-3)20-11-15-7-5-6-8-16(15)13-22-4;/h5-8,14,17H,9-13H2,1-4H3,(H,19,20);1H. The number of hydrogen-bond acceptors (Lipinski definition) is 3. The van der Waals surface area contributed by atoms with Gasteiger partial charge in [0, 0.05) is 44.8 Å². The third-order valence-electron chi connectivity index (χ3n) is 4.20. The lowest BCUT2D eigenvalue weighted by molar-refractivity contribution is 0.184. The van der Waals surface area contributed by atoms with Gasteiger partial charge in [-0.1, -0.05) is 38.1 Å². The molecule has 1 unspecified atom stereocenters. The number of ether oxygens (including phenoxy) is 1. The summed E-state index contributed by atoms with van der Waals surface area (Å²) in [5, 5.41) is 4.21. The Labute approximate surface area is 167 Å². The van der Waals surface area contributed by atoms with Gasteiger partial charge in [-0.2, -0.15) is 11.8 Å². The molecule has 6 heteroatoms. The van der Waals surface area contributed by atoms with Crippen LogP contribution in [0.3, 0.4) is 0 Å². The van der Waals surface area contributed by atoms with Crippen LogP contribution < -0.4 is 5.32 Å². The topological polar surface area (TPSA) is 36.9 Å². The first-order valence-corrected chi connectivity index (χ1v) is 9.33. The van der Waals surface area contributed by atoms with Crippen molar-refractivity contribution in [2.45, 2.75) is 32.2 Å². The number of aliphatic imine (C=N–C) groups is 1. The fourth-order valence-corrected chi connectivity index (χ4v) is 4.10. The van der Waals surface area contributed by atoms with Crippen LogP contribution >= 0.6 is 35.7 Å². The average molecular weight is 463 g/mol. The van der Waals surface area contributed by atoms with Gasteiger partial charge in [0.05, 0.1) is 6.61 Å². The van der Waals surface area contributed by atoms with Crippen molar-refractivity contribution in [3.63, 3.8) is 0 Å². The first-order chi connectivity index (χ1) is 11.2.